The minimum absolute atomic E-state index is 0.0373. The molecule has 4 aromatic rings. The number of carbonyl (C=O) groups is 3. The standard InChI is InChI=1S/C32H33FN4O3S/c33-11-13-35-19-24(25-6-1-2-7-27(25)35)16-26(34)29(38)17-23-15-22-5-3-8-28(36-12-4-9-30(36)39)31(22)37(32(23)40)18-21-10-14-41-20-21/h1-3,5-8,10,14,19-20,23,26H,4,9,11-13,15-18,34H2/t23?,26-/m1/s1. The number of hydrogen-bond donors (Lipinski definition) is 1. The zero-order valence-electron chi connectivity index (χ0n) is 22.8. The first-order valence-electron chi connectivity index (χ1n) is 14.1. The number of nitrogens with two attached hydrogens (primary N) is 1. The quantitative estimate of drug-likeness (QED) is 0.289. The smallest absolute Gasteiger partial charge is 0.231 e. The molecule has 2 aromatic heterocycles. The molecular formula is C32H33FN4O3S. The number of ketones is 1. The molecule has 9 heteroatoms. The lowest BCUT2D eigenvalue weighted by atomic mass is 9.85. The summed E-state index contributed by atoms with van der Waals surface area (Å²) in [7, 11) is 0. The number of rotatable bonds is 10. The Bertz CT molecular complexity index is 1600. The summed E-state index contributed by atoms with van der Waals surface area (Å²) in [6.07, 6.45) is 3.94. The average molecular weight is 573 g/mol. The Balaban J connectivity index is 1.26. The number of halogens is 1. The molecule has 0 radical (unpaired) electrons. The van der Waals surface area contributed by atoms with Gasteiger partial charge in [0.2, 0.25) is 11.8 Å². The molecule has 0 bridgehead atoms. The highest BCUT2D eigenvalue weighted by Crippen LogP contribution is 2.42. The summed E-state index contributed by atoms with van der Waals surface area (Å²) in [6.45, 7) is 0.766. The Morgan fingerprint density at radius 1 is 1.12 bits per heavy atom. The van der Waals surface area contributed by atoms with Crippen LogP contribution in [0.3, 0.4) is 0 Å². The van der Waals surface area contributed by atoms with Gasteiger partial charge in [-0.15, -0.1) is 0 Å². The van der Waals surface area contributed by atoms with Crippen LogP contribution in [0.1, 0.15) is 36.0 Å². The molecule has 1 saturated heterocycles. The monoisotopic (exact) mass is 572 g/mol. The van der Waals surface area contributed by atoms with E-state index in [2.05, 4.69) is 0 Å². The molecule has 2 amide bonds. The van der Waals surface area contributed by atoms with Crippen molar-refractivity contribution in [2.45, 2.75) is 51.2 Å². The van der Waals surface area contributed by atoms with E-state index in [1.54, 1.807) is 21.1 Å². The molecule has 1 unspecified atom stereocenters. The van der Waals surface area contributed by atoms with Crippen LogP contribution in [0.5, 0.6) is 0 Å². The summed E-state index contributed by atoms with van der Waals surface area (Å²) in [5, 5.41) is 4.95. The number of thiophene rings is 1. The Morgan fingerprint density at radius 3 is 2.73 bits per heavy atom. The zero-order valence-corrected chi connectivity index (χ0v) is 23.6. The molecule has 212 valence electrons. The topological polar surface area (TPSA) is 88.6 Å². The van der Waals surface area contributed by atoms with Crippen molar-refractivity contribution in [2.24, 2.45) is 11.7 Å². The summed E-state index contributed by atoms with van der Waals surface area (Å²) < 4.78 is 15.0. The number of carbonyl (C=O) groups excluding carboxylic acids is 3. The van der Waals surface area contributed by atoms with Gasteiger partial charge in [-0.1, -0.05) is 30.3 Å². The third-order valence-corrected chi connectivity index (χ3v) is 8.96. The molecule has 2 N–H and O–H groups in total. The van der Waals surface area contributed by atoms with Gasteiger partial charge < -0.3 is 20.1 Å². The molecule has 2 aliphatic rings. The van der Waals surface area contributed by atoms with Crippen LogP contribution in [-0.4, -0.2) is 41.4 Å². The van der Waals surface area contributed by atoms with Crippen molar-refractivity contribution in [1.29, 1.82) is 0 Å². The number of benzene rings is 2. The number of aromatic nitrogens is 1. The molecule has 2 atom stereocenters. The fraction of sp³-hybridized carbons (Fsp3) is 0.344. The summed E-state index contributed by atoms with van der Waals surface area (Å²) in [5.41, 5.74) is 11.8. The molecule has 2 aliphatic heterocycles. The van der Waals surface area contributed by atoms with E-state index in [1.807, 2.05) is 70.1 Å². The summed E-state index contributed by atoms with van der Waals surface area (Å²) in [6, 6.07) is 14.8. The van der Waals surface area contributed by atoms with E-state index in [0.717, 1.165) is 45.4 Å². The van der Waals surface area contributed by atoms with E-state index in [1.165, 1.54) is 0 Å². The normalized spacial score (nSPS) is 17.9. The van der Waals surface area contributed by atoms with Crippen LogP contribution < -0.4 is 15.5 Å². The van der Waals surface area contributed by atoms with E-state index in [4.69, 9.17) is 5.73 Å². The fourth-order valence-electron chi connectivity index (χ4n) is 6.25. The molecule has 0 spiro atoms. The van der Waals surface area contributed by atoms with E-state index >= 15 is 0 Å². The number of nitrogens with zero attached hydrogens (tertiary/aromatic N) is 3. The maximum Gasteiger partial charge on any atom is 0.231 e. The van der Waals surface area contributed by atoms with Gasteiger partial charge in [-0.2, -0.15) is 11.3 Å². The number of para-hydroxylation sites is 2. The van der Waals surface area contributed by atoms with Crippen molar-refractivity contribution in [1.82, 2.24) is 4.57 Å². The van der Waals surface area contributed by atoms with Crippen molar-refractivity contribution in [3.05, 3.63) is 82.2 Å². The molecule has 4 heterocycles. The van der Waals surface area contributed by atoms with Crippen LogP contribution in [0, 0.1) is 5.92 Å². The Labute approximate surface area is 242 Å². The largest absolute Gasteiger partial charge is 0.345 e. The maximum absolute atomic E-state index is 14.0. The highest BCUT2D eigenvalue weighted by molar-refractivity contribution is 7.07. The number of aryl methyl sites for hydroxylation is 1. The second kappa shape index (κ2) is 11.6. The van der Waals surface area contributed by atoms with E-state index in [0.29, 0.717) is 32.4 Å². The molecule has 7 nitrogen and oxygen atoms in total. The third kappa shape index (κ3) is 5.31. The maximum atomic E-state index is 14.0. The predicted molar refractivity (Wildman–Crippen MR) is 160 cm³/mol. The van der Waals surface area contributed by atoms with Gasteiger partial charge in [-0.05, 0) is 64.9 Å². The Kier molecular flexibility index (Phi) is 7.73. The fourth-order valence-corrected chi connectivity index (χ4v) is 6.91. The molecule has 2 aromatic carbocycles. The minimum Gasteiger partial charge on any atom is -0.345 e. The summed E-state index contributed by atoms with van der Waals surface area (Å²) >= 11 is 1.57. The van der Waals surface area contributed by atoms with Gasteiger partial charge in [-0.25, -0.2) is 4.39 Å². The van der Waals surface area contributed by atoms with Crippen molar-refractivity contribution in [3.63, 3.8) is 0 Å². The number of anilines is 2. The van der Waals surface area contributed by atoms with Crippen LogP contribution in [-0.2, 0) is 40.3 Å². The third-order valence-electron chi connectivity index (χ3n) is 8.23. The van der Waals surface area contributed by atoms with Gasteiger partial charge in [0.15, 0.2) is 5.78 Å². The second-order valence-electron chi connectivity index (χ2n) is 10.9. The lowest BCUT2D eigenvalue weighted by molar-refractivity contribution is -0.128. The van der Waals surface area contributed by atoms with Crippen LogP contribution >= 0.6 is 11.3 Å². The molecule has 0 saturated carbocycles. The van der Waals surface area contributed by atoms with Crippen molar-refractivity contribution in [2.75, 3.05) is 23.0 Å². The average Bonchev–Trinajstić information content (AvgIpc) is 3.72. The lowest BCUT2D eigenvalue weighted by Crippen LogP contribution is -2.44. The zero-order chi connectivity index (χ0) is 28.5. The highest BCUT2D eigenvalue weighted by atomic mass is 32.1. The number of alkyl halides is 1. The van der Waals surface area contributed by atoms with Crippen molar-refractivity contribution < 1.29 is 18.8 Å². The Hall–Kier alpha value is -3.82. The number of hydrogen-bond acceptors (Lipinski definition) is 5. The van der Waals surface area contributed by atoms with Crippen LogP contribution in [0.25, 0.3) is 10.9 Å². The van der Waals surface area contributed by atoms with Crippen LogP contribution in [0.2, 0.25) is 0 Å². The lowest BCUT2D eigenvalue weighted by Gasteiger charge is -2.37. The van der Waals surface area contributed by atoms with E-state index < -0.39 is 18.6 Å². The Morgan fingerprint density at radius 2 is 1.98 bits per heavy atom. The molecule has 6 rings (SSSR count). The van der Waals surface area contributed by atoms with Crippen molar-refractivity contribution >= 4 is 51.2 Å². The van der Waals surface area contributed by atoms with E-state index in [9.17, 15) is 18.8 Å². The SMILES string of the molecule is N[C@H](Cc1cn(CCF)c2ccccc12)C(=O)CC1Cc2cccc(N3CCCC3=O)c2N(Cc2ccsc2)C1=O. The second-order valence-corrected chi connectivity index (χ2v) is 11.7. The molecule has 1 fully saturated rings. The van der Waals surface area contributed by atoms with Crippen LogP contribution in [0.15, 0.2) is 65.5 Å². The van der Waals surface area contributed by atoms with E-state index in [-0.39, 0.29) is 30.6 Å². The molecular weight excluding hydrogens is 539 g/mol. The van der Waals surface area contributed by atoms with Gasteiger partial charge in [0.05, 0.1) is 30.5 Å². The first-order chi connectivity index (χ1) is 19.9. The van der Waals surface area contributed by atoms with Gasteiger partial charge in [0.1, 0.15) is 6.67 Å². The predicted octanol–water partition coefficient (Wildman–Crippen LogP) is 5.03. The summed E-state index contributed by atoms with van der Waals surface area (Å²) in [4.78, 5) is 43.7. The number of fused-ring (bicyclic) bond motifs is 2. The number of amides is 2. The van der Waals surface area contributed by atoms with Crippen molar-refractivity contribution in [3.8, 4) is 0 Å². The minimum atomic E-state index is -0.785. The highest BCUT2D eigenvalue weighted by Gasteiger charge is 2.38. The van der Waals surface area contributed by atoms with Gasteiger partial charge in [0.25, 0.3) is 0 Å². The van der Waals surface area contributed by atoms with Crippen LogP contribution in [0.4, 0.5) is 15.8 Å². The first kappa shape index (κ1) is 27.4. The molecule has 0 aliphatic carbocycles. The first-order valence-corrected chi connectivity index (χ1v) is 15.0. The van der Waals surface area contributed by atoms with Gasteiger partial charge >= 0.3 is 0 Å². The summed E-state index contributed by atoms with van der Waals surface area (Å²) in [5.74, 6) is -0.770. The molecule has 41 heavy (non-hydrogen) atoms. The number of Topliss-reactive ketones (excluding diaryl/α,β-unsaturated/α-hetero) is 1. The van der Waals surface area contributed by atoms with Gasteiger partial charge in [-0.3, -0.25) is 14.4 Å². The van der Waals surface area contributed by atoms with Gasteiger partial charge in [0, 0.05) is 42.4 Å².